The van der Waals surface area contributed by atoms with E-state index in [1.807, 2.05) is 11.3 Å². The molecule has 0 spiro atoms. The van der Waals surface area contributed by atoms with Gasteiger partial charge in [-0.15, -0.1) is 11.3 Å². The van der Waals surface area contributed by atoms with Gasteiger partial charge < -0.3 is 0 Å². The molecule has 2 nitrogen and oxygen atoms in total. The standard InChI is InChI=1S/C34H20N2S/c1-2-11-28-25(9-1)26-16-15-22(20-30(26)33-32(28)35-17-18-36-33)21-7-5-8-23(19-21)24-12-6-13-29-27-10-3-4-14-31(27)37-34(24)29/h1-20H. The highest BCUT2D eigenvalue weighted by Gasteiger charge is 2.13. The van der Waals surface area contributed by atoms with Gasteiger partial charge >= 0.3 is 0 Å². The van der Waals surface area contributed by atoms with Gasteiger partial charge in [0, 0.05) is 43.3 Å². The highest BCUT2D eigenvalue weighted by atomic mass is 32.1. The quantitative estimate of drug-likeness (QED) is 0.226. The van der Waals surface area contributed by atoms with Gasteiger partial charge in [-0.1, -0.05) is 91.0 Å². The average molecular weight is 489 g/mol. The Morgan fingerprint density at radius 1 is 0.432 bits per heavy atom. The number of hydrogen-bond acceptors (Lipinski definition) is 3. The van der Waals surface area contributed by atoms with E-state index < -0.39 is 0 Å². The third-order valence-corrected chi connectivity index (χ3v) is 8.58. The Hall–Kier alpha value is -4.60. The van der Waals surface area contributed by atoms with Gasteiger partial charge in [-0.25, -0.2) is 0 Å². The Labute approximate surface area is 217 Å². The first-order valence-corrected chi connectivity index (χ1v) is 13.2. The second kappa shape index (κ2) is 7.95. The van der Waals surface area contributed by atoms with Crippen LogP contribution in [0.2, 0.25) is 0 Å². The lowest BCUT2D eigenvalue weighted by atomic mass is 9.94. The predicted molar refractivity (Wildman–Crippen MR) is 158 cm³/mol. The van der Waals surface area contributed by atoms with E-state index in [4.69, 9.17) is 9.97 Å². The summed E-state index contributed by atoms with van der Waals surface area (Å²) in [5, 5.41) is 7.35. The first-order chi connectivity index (χ1) is 18.3. The maximum atomic E-state index is 4.75. The lowest BCUT2D eigenvalue weighted by molar-refractivity contribution is 1.31. The summed E-state index contributed by atoms with van der Waals surface area (Å²) in [6.07, 6.45) is 3.57. The molecule has 0 unspecified atom stereocenters. The van der Waals surface area contributed by atoms with Crippen molar-refractivity contribution >= 4 is 64.1 Å². The summed E-state index contributed by atoms with van der Waals surface area (Å²) in [5.74, 6) is 0. The topological polar surface area (TPSA) is 25.8 Å². The van der Waals surface area contributed by atoms with Gasteiger partial charge in [0.1, 0.15) is 0 Å². The molecule has 0 saturated carbocycles. The maximum Gasteiger partial charge on any atom is 0.0971 e. The molecule has 8 aromatic rings. The van der Waals surface area contributed by atoms with Crippen molar-refractivity contribution in [2.75, 3.05) is 0 Å². The van der Waals surface area contributed by atoms with Crippen LogP contribution in [0.3, 0.4) is 0 Å². The summed E-state index contributed by atoms with van der Waals surface area (Å²) in [6.45, 7) is 0. The third-order valence-electron chi connectivity index (χ3n) is 7.36. The first kappa shape index (κ1) is 20.6. The summed E-state index contributed by atoms with van der Waals surface area (Å²) < 4.78 is 2.67. The predicted octanol–water partition coefficient (Wildman–Crippen LogP) is 9.64. The number of rotatable bonds is 2. The van der Waals surface area contributed by atoms with Gasteiger partial charge in [0.25, 0.3) is 0 Å². The van der Waals surface area contributed by atoms with E-state index in [1.54, 1.807) is 12.4 Å². The van der Waals surface area contributed by atoms with E-state index in [1.165, 1.54) is 53.2 Å². The zero-order valence-corrected chi connectivity index (χ0v) is 20.7. The maximum absolute atomic E-state index is 4.75. The van der Waals surface area contributed by atoms with Crippen molar-refractivity contribution in [3.05, 3.63) is 122 Å². The molecule has 8 rings (SSSR count). The largest absolute Gasteiger partial charge is 0.252 e. The molecule has 2 heterocycles. The molecular weight excluding hydrogens is 468 g/mol. The van der Waals surface area contributed by atoms with Crippen molar-refractivity contribution in [1.29, 1.82) is 0 Å². The number of hydrogen-bond donors (Lipinski definition) is 0. The molecule has 2 aromatic heterocycles. The minimum absolute atomic E-state index is 0.948. The SMILES string of the molecule is c1cc(-c2ccc3c4ccccc4c4nccnc4c3c2)cc(-c2cccc3c2sc2ccccc23)c1. The van der Waals surface area contributed by atoms with E-state index in [-0.39, 0.29) is 0 Å². The molecule has 6 aromatic carbocycles. The molecule has 0 amide bonds. The van der Waals surface area contributed by atoms with Crippen molar-refractivity contribution in [2.45, 2.75) is 0 Å². The van der Waals surface area contributed by atoms with Gasteiger partial charge in [0.05, 0.1) is 11.0 Å². The Morgan fingerprint density at radius 3 is 1.97 bits per heavy atom. The Balaban J connectivity index is 1.34. The van der Waals surface area contributed by atoms with Crippen LogP contribution >= 0.6 is 11.3 Å². The molecule has 0 aliphatic heterocycles. The van der Waals surface area contributed by atoms with Crippen LogP contribution in [0.25, 0.3) is 75.0 Å². The Morgan fingerprint density at radius 2 is 1.08 bits per heavy atom. The van der Waals surface area contributed by atoms with E-state index in [9.17, 15) is 0 Å². The minimum atomic E-state index is 0.948. The molecule has 0 N–H and O–H groups in total. The van der Waals surface area contributed by atoms with E-state index in [0.29, 0.717) is 0 Å². The van der Waals surface area contributed by atoms with Crippen molar-refractivity contribution in [2.24, 2.45) is 0 Å². The third kappa shape index (κ3) is 3.11. The number of thiophene rings is 1. The second-order valence-electron chi connectivity index (χ2n) is 9.42. The fourth-order valence-electron chi connectivity index (χ4n) is 5.65. The average Bonchev–Trinajstić information content (AvgIpc) is 3.36. The highest BCUT2D eigenvalue weighted by molar-refractivity contribution is 7.26. The Bertz CT molecular complexity index is 2120. The van der Waals surface area contributed by atoms with Crippen molar-refractivity contribution in [1.82, 2.24) is 9.97 Å². The molecule has 0 aliphatic carbocycles. The van der Waals surface area contributed by atoms with Gasteiger partial charge in [-0.2, -0.15) is 0 Å². The molecule has 37 heavy (non-hydrogen) atoms. The van der Waals surface area contributed by atoms with Crippen LogP contribution in [0, 0.1) is 0 Å². The fourth-order valence-corrected chi connectivity index (χ4v) is 6.89. The molecule has 0 fully saturated rings. The Kier molecular flexibility index (Phi) is 4.42. The number of benzene rings is 6. The van der Waals surface area contributed by atoms with Crippen LogP contribution in [-0.4, -0.2) is 9.97 Å². The van der Waals surface area contributed by atoms with Crippen LogP contribution in [-0.2, 0) is 0 Å². The summed E-state index contributed by atoms with van der Waals surface area (Å²) >= 11 is 1.87. The first-order valence-electron chi connectivity index (χ1n) is 12.4. The molecule has 172 valence electrons. The van der Waals surface area contributed by atoms with E-state index >= 15 is 0 Å². The lowest BCUT2D eigenvalue weighted by Gasteiger charge is -2.11. The molecule has 3 heteroatoms. The number of nitrogens with zero attached hydrogens (tertiary/aromatic N) is 2. The summed E-state index contributed by atoms with van der Waals surface area (Å²) in [7, 11) is 0. The summed E-state index contributed by atoms with van der Waals surface area (Å²) in [5.41, 5.74) is 6.79. The van der Waals surface area contributed by atoms with Crippen molar-refractivity contribution in [3.8, 4) is 22.3 Å². The second-order valence-corrected chi connectivity index (χ2v) is 10.5. The van der Waals surface area contributed by atoms with Gasteiger partial charge in [0.15, 0.2) is 0 Å². The molecule has 0 atom stereocenters. The van der Waals surface area contributed by atoms with E-state index in [2.05, 4.69) is 109 Å². The van der Waals surface area contributed by atoms with Crippen LogP contribution in [0.1, 0.15) is 0 Å². The van der Waals surface area contributed by atoms with Gasteiger partial charge in [-0.05, 0) is 51.2 Å². The summed E-state index contributed by atoms with van der Waals surface area (Å²) in [4.78, 5) is 9.45. The highest BCUT2D eigenvalue weighted by Crippen LogP contribution is 2.41. The number of aromatic nitrogens is 2. The van der Waals surface area contributed by atoms with Crippen LogP contribution < -0.4 is 0 Å². The molecule has 0 bridgehead atoms. The van der Waals surface area contributed by atoms with Crippen LogP contribution in [0.4, 0.5) is 0 Å². The molecule has 0 saturated heterocycles. The minimum Gasteiger partial charge on any atom is -0.252 e. The summed E-state index contributed by atoms with van der Waals surface area (Å²) in [6, 6.07) is 39.5. The van der Waals surface area contributed by atoms with Crippen molar-refractivity contribution in [3.63, 3.8) is 0 Å². The van der Waals surface area contributed by atoms with Crippen LogP contribution in [0.5, 0.6) is 0 Å². The lowest BCUT2D eigenvalue weighted by Crippen LogP contribution is -1.89. The van der Waals surface area contributed by atoms with E-state index in [0.717, 1.165) is 21.8 Å². The molecule has 0 radical (unpaired) electrons. The number of fused-ring (bicyclic) bond motifs is 9. The van der Waals surface area contributed by atoms with Gasteiger partial charge in [-0.3, -0.25) is 9.97 Å². The zero-order valence-electron chi connectivity index (χ0n) is 19.8. The van der Waals surface area contributed by atoms with Crippen molar-refractivity contribution < 1.29 is 0 Å². The normalized spacial score (nSPS) is 11.8. The molecule has 0 aliphatic rings. The smallest absolute Gasteiger partial charge is 0.0971 e. The zero-order chi connectivity index (χ0) is 24.3. The van der Waals surface area contributed by atoms with Gasteiger partial charge in [0.2, 0.25) is 0 Å². The molecular formula is C34H20N2S. The fraction of sp³-hybridized carbons (Fsp3) is 0. The monoisotopic (exact) mass is 488 g/mol. The van der Waals surface area contributed by atoms with Crippen LogP contribution in [0.15, 0.2) is 122 Å².